The zero-order chi connectivity index (χ0) is 13.9. The third kappa shape index (κ3) is 3.36. The summed E-state index contributed by atoms with van der Waals surface area (Å²) in [4.78, 5) is 2.68. The molecule has 1 aliphatic heterocycles. The quantitative estimate of drug-likeness (QED) is 0.890. The highest BCUT2D eigenvalue weighted by atomic mass is 35.5. The summed E-state index contributed by atoms with van der Waals surface area (Å²) in [5, 5.41) is 4.66. The maximum Gasteiger partial charge on any atom is 0.0451 e. The van der Waals surface area contributed by atoms with Crippen molar-refractivity contribution in [1.29, 1.82) is 0 Å². The fourth-order valence-electron chi connectivity index (χ4n) is 3.41. The van der Waals surface area contributed by atoms with Crippen molar-refractivity contribution in [3.05, 3.63) is 34.9 Å². The van der Waals surface area contributed by atoms with Gasteiger partial charge in [-0.05, 0) is 36.8 Å². The van der Waals surface area contributed by atoms with E-state index < -0.39 is 0 Å². The van der Waals surface area contributed by atoms with Crippen molar-refractivity contribution < 1.29 is 0 Å². The molecular weight excluding hydrogens is 268 g/mol. The topological polar surface area (TPSA) is 15.3 Å². The maximum absolute atomic E-state index is 6.34. The molecule has 0 spiro atoms. The lowest BCUT2D eigenvalue weighted by Gasteiger charge is -2.41. The summed E-state index contributed by atoms with van der Waals surface area (Å²) >= 11 is 6.34. The Bertz CT molecular complexity index is 444. The van der Waals surface area contributed by atoms with Crippen molar-refractivity contribution in [2.75, 3.05) is 13.1 Å². The lowest BCUT2D eigenvalue weighted by Crippen LogP contribution is -2.56. The molecule has 1 aliphatic carbocycles. The normalized spacial score (nSPS) is 27.7. The van der Waals surface area contributed by atoms with Gasteiger partial charge in [-0.15, -0.1) is 0 Å². The Morgan fingerprint density at radius 1 is 1.30 bits per heavy atom. The third-order valence-corrected chi connectivity index (χ3v) is 5.04. The highest BCUT2D eigenvalue weighted by molar-refractivity contribution is 6.31. The Kier molecular flexibility index (Phi) is 4.65. The Hall–Kier alpha value is -0.570. The van der Waals surface area contributed by atoms with E-state index in [0.717, 1.165) is 24.0 Å². The van der Waals surface area contributed by atoms with Gasteiger partial charge in [-0.2, -0.15) is 0 Å². The van der Waals surface area contributed by atoms with Crippen molar-refractivity contribution >= 4 is 11.6 Å². The minimum absolute atomic E-state index is 0.650. The van der Waals surface area contributed by atoms with Gasteiger partial charge in [-0.25, -0.2) is 0 Å². The average Bonchev–Trinajstić information content (AvgIpc) is 3.27. The van der Waals surface area contributed by atoms with Crippen LogP contribution >= 0.6 is 11.6 Å². The van der Waals surface area contributed by atoms with E-state index >= 15 is 0 Å². The third-order valence-electron chi connectivity index (χ3n) is 4.67. The van der Waals surface area contributed by atoms with Gasteiger partial charge < -0.3 is 5.32 Å². The molecule has 110 valence electrons. The van der Waals surface area contributed by atoms with Crippen LogP contribution in [0.3, 0.4) is 0 Å². The van der Waals surface area contributed by atoms with E-state index in [9.17, 15) is 0 Å². The second-order valence-corrected chi connectivity index (χ2v) is 6.73. The standard InChI is InChI=1S/C17H25ClN2/c1-2-5-15-12-20(17(10-19-15)13-8-9-13)11-14-6-3-4-7-16(14)18/h3-4,6-7,13,15,17,19H,2,5,8-12H2,1H3. The van der Waals surface area contributed by atoms with Gasteiger partial charge in [-0.3, -0.25) is 4.90 Å². The smallest absolute Gasteiger partial charge is 0.0451 e. The molecule has 2 fully saturated rings. The Morgan fingerprint density at radius 2 is 2.10 bits per heavy atom. The van der Waals surface area contributed by atoms with Crippen LogP contribution in [-0.2, 0) is 6.54 Å². The van der Waals surface area contributed by atoms with E-state index in [-0.39, 0.29) is 0 Å². The first-order valence-electron chi connectivity index (χ1n) is 7.98. The van der Waals surface area contributed by atoms with Gasteiger partial charge in [0.2, 0.25) is 0 Å². The van der Waals surface area contributed by atoms with Crippen LogP contribution in [0.15, 0.2) is 24.3 Å². The molecule has 0 bridgehead atoms. The molecule has 1 N–H and O–H groups in total. The lowest BCUT2D eigenvalue weighted by atomic mass is 10.0. The molecule has 2 nitrogen and oxygen atoms in total. The minimum Gasteiger partial charge on any atom is -0.311 e. The number of rotatable bonds is 5. The van der Waals surface area contributed by atoms with E-state index in [4.69, 9.17) is 11.6 Å². The van der Waals surface area contributed by atoms with Crippen molar-refractivity contribution in [2.45, 2.75) is 51.2 Å². The molecule has 2 unspecified atom stereocenters. The number of benzene rings is 1. The Balaban J connectivity index is 1.70. The monoisotopic (exact) mass is 292 g/mol. The van der Waals surface area contributed by atoms with Crippen LogP contribution in [0, 0.1) is 5.92 Å². The highest BCUT2D eigenvalue weighted by Gasteiger charge is 2.38. The summed E-state index contributed by atoms with van der Waals surface area (Å²) < 4.78 is 0. The molecular formula is C17H25ClN2. The minimum atomic E-state index is 0.650. The lowest BCUT2D eigenvalue weighted by molar-refractivity contribution is 0.104. The second-order valence-electron chi connectivity index (χ2n) is 6.32. The predicted octanol–water partition coefficient (Wildman–Crippen LogP) is 3.69. The summed E-state index contributed by atoms with van der Waals surface area (Å²) in [5.74, 6) is 0.910. The van der Waals surface area contributed by atoms with Gasteiger partial charge in [0.15, 0.2) is 0 Å². The van der Waals surface area contributed by atoms with Gasteiger partial charge in [0.25, 0.3) is 0 Å². The van der Waals surface area contributed by atoms with Gasteiger partial charge in [0.05, 0.1) is 0 Å². The Morgan fingerprint density at radius 3 is 2.80 bits per heavy atom. The zero-order valence-corrected chi connectivity index (χ0v) is 13.1. The zero-order valence-electron chi connectivity index (χ0n) is 12.3. The molecule has 0 amide bonds. The van der Waals surface area contributed by atoms with Crippen LogP contribution < -0.4 is 5.32 Å². The number of halogens is 1. The van der Waals surface area contributed by atoms with E-state index in [1.54, 1.807) is 0 Å². The van der Waals surface area contributed by atoms with Crippen molar-refractivity contribution in [1.82, 2.24) is 10.2 Å². The first-order valence-corrected chi connectivity index (χ1v) is 8.36. The molecule has 3 heteroatoms. The number of nitrogens with zero attached hydrogens (tertiary/aromatic N) is 1. The summed E-state index contributed by atoms with van der Waals surface area (Å²) in [5.41, 5.74) is 1.27. The molecule has 1 saturated carbocycles. The molecule has 0 aromatic heterocycles. The van der Waals surface area contributed by atoms with Crippen LogP contribution in [0.5, 0.6) is 0 Å². The second kappa shape index (κ2) is 6.46. The predicted molar refractivity (Wildman–Crippen MR) is 85.1 cm³/mol. The van der Waals surface area contributed by atoms with E-state index in [0.29, 0.717) is 12.1 Å². The molecule has 20 heavy (non-hydrogen) atoms. The van der Waals surface area contributed by atoms with E-state index in [2.05, 4.69) is 29.3 Å². The van der Waals surface area contributed by atoms with Gasteiger partial charge in [0, 0.05) is 36.7 Å². The fraction of sp³-hybridized carbons (Fsp3) is 0.647. The SMILES string of the molecule is CCCC1CN(Cc2ccccc2Cl)C(C2CC2)CN1. The van der Waals surface area contributed by atoms with Crippen molar-refractivity contribution in [3.63, 3.8) is 0 Å². The molecule has 2 aliphatic rings. The van der Waals surface area contributed by atoms with Crippen LogP contribution in [0.25, 0.3) is 0 Å². The number of nitrogens with one attached hydrogen (secondary N) is 1. The Labute approximate surface area is 127 Å². The average molecular weight is 293 g/mol. The van der Waals surface area contributed by atoms with Gasteiger partial charge >= 0.3 is 0 Å². The molecule has 1 saturated heterocycles. The first kappa shape index (κ1) is 14.4. The summed E-state index contributed by atoms with van der Waals surface area (Å²) in [7, 11) is 0. The molecule has 2 atom stereocenters. The van der Waals surface area contributed by atoms with Crippen LogP contribution in [0.4, 0.5) is 0 Å². The number of hydrogen-bond donors (Lipinski definition) is 1. The highest BCUT2D eigenvalue weighted by Crippen LogP contribution is 2.37. The summed E-state index contributed by atoms with van der Waals surface area (Å²) in [6.07, 6.45) is 5.34. The molecule has 3 rings (SSSR count). The molecule has 1 aromatic carbocycles. The van der Waals surface area contributed by atoms with Gasteiger partial charge in [-0.1, -0.05) is 43.1 Å². The van der Waals surface area contributed by atoms with Gasteiger partial charge in [0.1, 0.15) is 0 Å². The van der Waals surface area contributed by atoms with Crippen LogP contribution in [0.2, 0.25) is 5.02 Å². The van der Waals surface area contributed by atoms with Crippen molar-refractivity contribution in [3.8, 4) is 0 Å². The van der Waals surface area contributed by atoms with Crippen LogP contribution in [0.1, 0.15) is 38.2 Å². The first-order chi connectivity index (χ1) is 9.78. The molecule has 1 aromatic rings. The van der Waals surface area contributed by atoms with E-state index in [1.807, 2.05) is 12.1 Å². The van der Waals surface area contributed by atoms with E-state index in [1.165, 1.54) is 37.8 Å². The van der Waals surface area contributed by atoms with Crippen molar-refractivity contribution in [2.24, 2.45) is 5.92 Å². The summed E-state index contributed by atoms with van der Waals surface area (Å²) in [6, 6.07) is 9.65. The van der Waals surface area contributed by atoms with Crippen LogP contribution in [-0.4, -0.2) is 30.1 Å². The number of hydrogen-bond acceptors (Lipinski definition) is 2. The maximum atomic E-state index is 6.34. The fourth-order valence-corrected chi connectivity index (χ4v) is 3.61. The molecule has 1 heterocycles. The largest absolute Gasteiger partial charge is 0.311 e. The number of piperazine rings is 1. The summed E-state index contributed by atoms with van der Waals surface area (Å²) in [6.45, 7) is 5.59. The molecule has 0 radical (unpaired) electrons.